The lowest BCUT2D eigenvalue weighted by Gasteiger charge is -2.08. The average Bonchev–Trinajstić information content (AvgIpc) is 2.28. The standard InChI is InChI=1S/C10H17N5O/c1-3-4-5-12-10-8(6-15-16-2)9(11)13-7-14-10/h6-7H,3-5H2,1-2H3,(H3,11,12,13,14)/b15-6+. The predicted octanol–water partition coefficient (Wildman–Crippen LogP) is 1.25. The number of hydrogen-bond donors (Lipinski definition) is 2. The third-order valence-corrected chi connectivity index (χ3v) is 2.02. The number of hydrogen-bond acceptors (Lipinski definition) is 6. The van der Waals surface area contributed by atoms with Crippen LogP contribution >= 0.6 is 0 Å². The highest BCUT2D eigenvalue weighted by molar-refractivity contribution is 5.91. The molecule has 1 rings (SSSR count). The van der Waals surface area contributed by atoms with Crippen LogP contribution in [0, 0.1) is 0 Å². The fourth-order valence-corrected chi connectivity index (χ4v) is 1.17. The summed E-state index contributed by atoms with van der Waals surface area (Å²) in [5.41, 5.74) is 6.38. The van der Waals surface area contributed by atoms with Crippen molar-refractivity contribution in [2.75, 3.05) is 24.7 Å². The predicted molar refractivity (Wildman–Crippen MR) is 64.4 cm³/mol. The van der Waals surface area contributed by atoms with E-state index in [1.165, 1.54) is 19.7 Å². The summed E-state index contributed by atoms with van der Waals surface area (Å²) in [7, 11) is 1.47. The molecular weight excluding hydrogens is 206 g/mol. The summed E-state index contributed by atoms with van der Waals surface area (Å²) in [6.07, 6.45) is 5.12. The van der Waals surface area contributed by atoms with E-state index in [9.17, 15) is 0 Å². The van der Waals surface area contributed by atoms with E-state index in [0.717, 1.165) is 19.4 Å². The molecule has 0 radical (unpaired) electrons. The topological polar surface area (TPSA) is 85.4 Å². The Labute approximate surface area is 94.9 Å². The first kappa shape index (κ1) is 12.2. The van der Waals surface area contributed by atoms with E-state index < -0.39 is 0 Å². The van der Waals surface area contributed by atoms with Crippen LogP contribution in [0.1, 0.15) is 25.3 Å². The largest absolute Gasteiger partial charge is 0.399 e. The summed E-state index contributed by atoms with van der Waals surface area (Å²) in [6, 6.07) is 0. The number of anilines is 2. The minimum Gasteiger partial charge on any atom is -0.399 e. The Balaban J connectivity index is 2.80. The molecule has 0 saturated carbocycles. The maximum absolute atomic E-state index is 5.73. The molecule has 0 amide bonds. The summed E-state index contributed by atoms with van der Waals surface area (Å²) in [5.74, 6) is 1.07. The van der Waals surface area contributed by atoms with E-state index in [2.05, 4.69) is 32.2 Å². The molecule has 1 heterocycles. The van der Waals surface area contributed by atoms with E-state index in [1.807, 2.05) is 0 Å². The number of nitrogens with one attached hydrogen (secondary N) is 1. The van der Waals surface area contributed by atoms with Crippen LogP contribution in [0.2, 0.25) is 0 Å². The molecule has 6 nitrogen and oxygen atoms in total. The molecule has 1 aromatic rings. The molecule has 0 bridgehead atoms. The van der Waals surface area contributed by atoms with Crippen molar-refractivity contribution in [3.8, 4) is 0 Å². The maximum Gasteiger partial charge on any atom is 0.140 e. The van der Waals surface area contributed by atoms with E-state index in [1.54, 1.807) is 0 Å². The van der Waals surface area contributed by atoms with Gasteiger partial charge in [-0.25, -0.2) is 9.97 Å². The van der Waals surface area contributed by atoms with Crippen LogP contribution < -0.4 is 11.1 Å². The van der Waals surface area contributed by atoms with E-state index >= 15 is 0 Å². The molecule has 0 aliphatic carbocycles. The number of nitrogen functional groups attached to an aromatic ring is 1. The van der Waals surface area contributed by atoms with Crippen LogP contribution in [0.3, 0.4) is 0 Å². The first-order valence-corrected chi connectivity index (χ1v) is 5.20. The number of nitrogens with two attached hydrogens (primary N) is 1. The summed E-state index contributed by atoms with van der Waals surface area (Å²) in [5, 5.41) is 6.85. The normalized spacial score (nSPS) is 10.6. The van der Waals surface area contributed by atoms with Crippen LogP contribution in [-0.2, 0) is 4.84 Å². The fraction of sp³-hybridized carbons (Fsp3) is 0.500. The zero-order valence-corrected chi connectivity index (χ0v) is 9.60. The van der Waals surface area contributed by atoms with E-state index in [-0.39, 0.29) is 0 Å². The zero-order valence-electron chi connectivity index (χ0n) is 9.60. The molecule has 0 fully saturated rings. The molecule has 0 saturated heterocycles. The first-order chi connectivity index (χ1) is 7.79. The second-order valence-electron chi connectivity index (χ2n) is 3.22. The van der Waals surface area contributed by atoms with Crippen LogP contribution in [0.25, 0.3) is 0 Å². The van der Waals surface area contributed by atoms with Crippen molar-refractivity contribution in [1.29, 1.82) is 0 Å². The maximum atomic E-state index is 5.73. The Morgan fingerprint density at radius 3 is 3.06 bits per heavy atom. The second kappa shape index (κ2) is 6.60. The highest BCUT2D eigenvalue weighted by Gasteiger charge is 2.06. The zero-order chi connectivity index (χ0) is 11.8. The summed E-state index contributed by atoms with van der Waals surface area (Å²) >= 11 is 0. The SMILES string of the molecule is CCCCNc1ncnc(N)c1/C=N/OC. The van der Waals surface area contributed by atoms with Crippen molar-refractivity contribution < 1.29 is 4.84 Å². The van der Waals surface area contributed by atoms with Gasteiger partial charge in [0.2, 0.25) is 0 Å². The van der Waals surface area contributed by atoms with Crippen molar-refractivity contribution in [3.63, 3.8) is 0 Å². The van der Waals surface area contributed by atoms with Gasteiger partial charge in [-0.05, 0) is 6.42 Å². The minimum atomic E-state index is 0.384. The molecule has 3 N–H and O–H groups in total. The molecule has 0 spiro atoms. The molecule has 0 aliphatic heterocycles. The number of rotatable bonds is 6. The van der Waals surface area contributed by atoms with Crippen molar-refractivity contribution in [2.24, 2.45) is 5.16 Å². The highest BCUT2D eigenvalue weighted by atomic mass is 16.6. The Kier molecular flexibility index (Phi) is 5.04. The van der Waals surface area contributed by atoms with Crippen LogP contribution in [0.5, 0.6) is 0 Å². The first-order valence-electron chi connectivity index (χ1n) is 5.20. The van der Waals surface area contributed by atoms with Gasteiger partial charge < -0.3 is 15.9 Å². The van der Waals surface area contributed by atoms with E-state index in [4.69, 9.17) is 5.73 Å². The Morgan fingerprint density at radius 1 is 1.56 bits per heavy atom. The third-order valence-electron chi connectivity index (χ3n) is 2.02. The van der Waals surface area contributed by atoms with Gasteiger partial charge in [0.15, 0.2) is 0 Å². The number of oxime groups is 1. The monoisotopic (exact) mass is 223 g/mol. The lowest BCUT2D eigenvalue weighted by Crippen LogP contribution is -2.09. The van der Waals surface area contributed by atoms with Crippen molar-refractivity contribution in [3.05, 3.63) is 11.9 Å². The number of nitrogens with zero attached hydrogens (tertiary/aromatic N) is 3. The summed E-state index contributed by atoms with van der Waals surface area (Å²) in [4.78, 5) is 12.6. The molecule has 0 aromatic carbocycles. The lowest BCUT2D eigenvalue weighted by atomic mass is 10.3. The van der Waals surface area contributed by atoms with Crippen molar-refractivity contribution in [1.82, 2.24) is 9.97 Å². The smallest absolute Gasteiger partial charge is 0.140 e. The van der Waals surface area contributed by atoms with Crippen molar-refractivity contribution >= 4 is 17.9 Å². The Hall–Kier alpha value is -1.85. The number of unbranched alkanes of at least 4 members (excludes halogenated alkanes) is 1. The van der Waals surface area contributed by atoms with Gasteiger partial charge in [0.05, 0.1) is 11.8 Å². The molecule has 0 unspecified atom stereocenters. The molecule has 1 aromatic heterocycles. The molecule has 0 aliphatic rings. The van der Waals surface area contributed by atoms with Gasteiger partial charge >= 0.3 is 0 Å². The van der Waals surface area contributed by atoms with Crippen molar-refractivity contribution in [2.45, 2.75) is 19.8 Å². The lowest BCUT2D eigenvalue weighted by molar-refractivity contribution is 0.215. The van der Waals surface area contributed by atoms with Gasteiger partial charge in [0, 0.05) is 6.54 Å². The summed E-state index contributed by atoms with van der Waals surface area (Å²) in [6.45, 7) is 2.98. The quantitative estimate of drug-likeness (QED) is 0.430. The summed E-state index contributed by atoms with van der Waals surface area (Å²) < 4.78 is 0. The molecule has 16 heavy (non-hydrogen) atoms. The molecule has 0 atom stereocenters. The van der Waals surface area contributed by atoms with Gasteiger partial charge in [0.1, 0.15) is 25.1 Å². The van der Waals surface area contributed by atoms with E-state index in [0.29, 0.717) is 17.2 Å². The van der Waals surface area contributed by atoms with Crippen LogP contribution in [-0.4, -0.2) is 29.8 Å². The van der Waals surface area contributed by atoms with Gasteiger partial charge in [-0.2, -0.15) is 0 Å². The molecular formula is C10H17N5O. The average molecular weight is 223 g/mol. The molecule has 6 heteroatoms. The highest BCUT2D eigenvalue weighted by Crippen LogP contribution is 2.14. The second-order valence-corrected chi connectivity index (χ2v) is 3.22. The third kappa shape index (κ3) is 3.38. The molecule has 88 valence electrons. The number of aromatic nitrogens is 2. The Bertz CT molecular complexity index is 353. The van der Waals surface area contributed by atoms with Gasteiger partial charge in [0.25, 0.3) is 0 Å². The fourth-order valence-electron chi connectivity index (χ4n) is 1.17. The van der Waals surface area contributed by atoms with Crippen LogP contribution in [0.15, 0.2) is 11.5 Å². The van der Waals surface area contributed by atoms with Gasteiger partial charge in [-0.15, -0.1) is 0 Å². The van der Waals surface area contributed by atoms with Gasteiger partial charge in [-0.1, -0.05) is 18.5 Å². The van der Waals surface area contributed by atoms with Crippen LogP contribution in [0.4, 0.5) is 11.6 Å². The van der Waals surface area contributed by atoms with Gasteiger partial charge in [-0.3, -0.25) is 0 Å². The Morgan fingerprint density at radius 2 is 2.38 bits per heavy atom. The minimum absolute atomic E-state index is 0.384.